The van der Waals surface area contributed by atoms with Gasteiger partial charge in [0.2, 0.25) is 5.78 Å². The molecule has 0 saturated heterocycles. The van der Waals surface area contributed by atoms with Crippen LogP contribution in [0.1, 0.15) is 21.7 Å². The Labute approximate surface area is 115 Å². The van der Waals surface area contributed by atoms with Crippen LogP contribution in [0.15, 0.2) is 30.3 Å². The normalized spacial score (nSPS) is 9.95. The van der Waals surface area contributed by atoms with Gasteiger partial charge in [-0.25, -0.2) is 0 Å². The van der Waals surface area contributed by atoms with Crippen molar-refractivity contribution < 1.29 is 9.53 Å². The number of carbonyl (C=O) groups is 1. The number of nitrogens with one attached hydrogen (secondary N) is 1. The molecule has 2 rings (SSSR count). The summed E-state index contributed by atoms with van der Waals surface area (Å²) >= 11 is 6.00. The van der Waals surface area contributed by atoms with E-state index < -0.39 is 0 Å². The van der Waals surface area contributed by atoms with Crippen molar-refractivity contribution in [1.82, 2.24) is 4.98 Å². The predicted octanol–water partition coefficient (Wildman–Crippen LogP) is 2.97. The molecular formula is C14H11ClN2O2. The first-order valence-electron chi connectivity index (χ1n) is 5.58. The Hall–Kier alpha value is -2.25. The van der Waals surface area contributed by atoms with Crippen LogP contribution in [0.2, 0.25) is 5.02 Å². The number of nitrogens with zero attached hydrogens (tertiary/aromatic N) is 1. The molecule has 0 aliphatic carbocycles. The lowest BCUT2D eigenvalue weighted by Crippen LogP contribution is -2.02. The van der Waals surface area contributed by atoms with Gasteiger partial charge in [0.25, 0.3) is 0 Å². The van der Waals surface area contributed by atoms with Crippen molar-refractivity contribution >= 4 is 17.4 Å². The van der Waals surface area contributed by atoms with Crippen molar-refractivity contribution in [2.45, 2.75) is 6.42 Å². The first kappa shape index (κ1) is 13.2. The SMILES string of the molecule is COc1ccc(C(=O)c2[nH]c(CC#N)cc2Cl)cc1. The van der Waals surface area contributed by atoms with Crippen molar-refractivity contribution in [3.05, 3.63) is 52.3 Å². The predicted molar refractivity (Wildman–Crippen MR) is 71.5 cm³/mol. The molecule has 0 aliphatic rings. The number of ketones is 1. The molecule has 0 fully saturated rings. The molecular weight excluding hydrogens is 264 g/mol. The zero-order valence-electron chi connectivity index (χ0n) is 10.2. The highest BCUT2D eigenvalue weighted by Gasteiger charge is 2.16. The van der Waals surface area contributed by atoms with E-state index in [1.165, 1.54) is 0 Å². The molecule has 1 N–H and O–H groups in total. The Kier molecular flexibility index (Phi) is 3.88. The Morgan fingerprint density at radius 3 is 2.68 bits per heavy atom. The summed E-state index contributed by atoms with van der Waals surface area (Å²) in [6.07, 6.45) is 0.190. The number of methoxy groups -OCH3 is 1. The standard InChI is InChI=1S/C14H11ClN2O2/c1-19-11-4-2-9(3-5-11)14(18)13-12(15)8-10(17-13)6-7-16/h2-5,8,17H,6H2,1H3. The summed E-state index contributed by atoms with van der Waals surface area (Å²) in [6.45, 7) is 0. The number of carbonyl (C=O) groups excluding carboxylic acids is 1. The quantitative estimate of drug-likeness (QED) is 0.872. The molecule has 0 bridgehead atoms. The summed E-state index contributed by atoms with van der Waals surface area (Å²) in [5.41, 5.74) is 1.44. The highest BCUT2D eigenvalue weighted by Crippen LogP contribution is 2.22. The van der Waals surface area contributed by atoms with Crippen LogP contribution < -0.4 is 4.74 Å². The molecule has 5 heteroatoms. The number of rotatable bonds is 4. The van der Waals surface area contributed by atoms with Gasteiger partial charge in [0.1, 0.15) is 11.4 Å². The zero-order valence-corrected chi connectivity index (χ0v) is 11.0. The summed E-state index contributed by atoms with van der Waals surface area (Å²) in [6, 6.07) is 10.4. The van der Waals surface area contributed by atoms with Gasteiger partial charge in [-0.2, -0.15) is 5.26 Å². The van der Waals surface area contributed by atoms with Crippen LogP contribution in [-0.2, 0) is 6.42 Å². The van der Waals surface area contributed by atoms with Crippen LogP contribution in [0.25, 0.3) is 0 Å². The van der Waals surface area contributed by atoms with Crippen LogP contribution in [0.3, 0.4) is 0 Å². The lowest BCUT2D eigenvalue weighted by Gasteiger charge is -2.02. The fourth-order valence-electron chi connectivity index (χ4n) is 1.71. The molecule has 0 spiro atoms. The summed E-state index contributed by atoms with van der Waals surface area (Å²) in [5.74, 6) is 0.469. The van der Waals surface area contributed by atoms with E-state index in [1.807, 2.05) is 6.07 Å². The molecule has 19 heavy (non-hydrogen) atoms. The van der Waals surface area contributed by atoms with Gasteiger partial charge in [-0.15, -0.1) is 0 Å². The van der Waals surface area contributed by atoms with Crippen LogP contribution in [-0.4, -0.2) is 17.9 Å². The van der Waals surface area contributed by atoms with E-state index in [0.29, 0.717) is 27.7 Å². The smallest absolute Gasteiger partial charge is 0.210 e. The minimum Gasteiger partial charge on any atom is -0.497 e. The molecule has 96 valence electrons. The monoisotopic (exact) mass is 274 g/mol. The largest absolute Gasteiger partial charge is 0.497 e. The molecule has 0 atom stereocenters. The van der Waals surface area contributed by atoms with E-state index in [0.717, 1.165) is 0 Å². The number of hydrogen-bond acceptors (Lipinski definition) is 3. The van der Waals surface area contributed by atoms with Crippen LogP contribution in [0, 0.1) is 11.3 Å². The van der Waals surface area contributed by atoms with Gasteiger partial charge in [-0.05, 0) is 30.3 Å². The van der Waals surface area contributed by atoms with Crippen molar-refractivity contribution in [2.75, 3.05) is 7.11 Å². The third-order valence-corrected chi connectivity index (χ3v) is 2.97. The number of benzene rings is 1. The van der Waals surface area contributed by atoms with Gasteiger partial charge in [0.05, 0.1) is 24.6 Å². The number of ether oxygens (including phenoxy) is 1. The lowest BCUT2D eigenvalue weighted by atomic mass is 10.1. The minimum atomic E-state index is -0.211. The average molecular weight is 275 g/mol. The van der Waals surface area contributed by atoms with Crippen molar-refractivity contribution in [3.8, 4) is 11.8 Å². The minimum absolute atomic E-state index is 0.190. The number of hydrogen-bond donors (Lipinski definition) is 1. The maximum atomic E-state index is 12.2. The molecule has 0 radical (unpaired) electrons. The molecule has 0 saturated carbocycles. The second-order valence-electron chi connectivity index (χ2n) is 3.91. The molecule has 0 unspecified atom stereocenters. The van der Waals surface area contributed by atoms with Crippen LogP contribution in [0.5, 0.6) is 5.75 Å². The maximum Gasteiger partial charge on any atom is 0.210 e. The molecule has 1 heterocycles. The highest BCUT2D eigenvalue weighted by atomic mass is 35.5. The third kappa shape index (κ3) is 2.78. The molecule has 1 aromatic heterocycles. The summed E-state index contributed by atoms with van der Waals surface area (Å²) in [4.78, 5) is 15.1. The summed E-state index contributed by atoms with van der Waals surface area (Å²) in [7, 11) is 1.56. The van der Waals surface area contributed by atoms with Gasteiger partial charge in [-0.1, -0.05) is 11.6 Å². The Morgan fingerprint density at radius 2 is 2.11 bits per heavy atom. The van der Waals surface area contributed by atoms with E-state index >= 15 is 0 Å². The number of aromatic nitrogens is 1. The molecule has 1 aromatic carbocycles. The van der Waals surface area contributed by atoms with Crippen molar-refractivity contribution in [2.24, 2.45) is 0 Å². The zero-order chi connectivity index (χ0) is 13.8. The fourth-order valence-corrected chi connectivity index (χ4v) is 1.98. The van der Waals surface area contributed by atoms with Crippen molar-refractivity contribution in [1.29, 1.82) is 5.26 Å². The second-order valence-corrected chi connectivity index (χ2v) is 4.32. The van der Waals surface area contributed by atoms with Crippen LogP contribution in [0.4, 0.5) is 0 Å². The lowest BCUT2D eigenvalue weighted by molar-refractivity contribution is 0.103. The van der Waals surface area contributed by atoms with E-state index in [-0.39, 0.29) is 12.2 Å². The third-order valence-electron chi connectivity index (χ3n) is 2.67. The number of halogens is 1. The Bertz CT molecular complexity index is 638. The van der Waals surface area contributed by atoms with E-state index in [2.05, 4.69) is 4.98 Å². The van der Waals surface area contributed by atoms with E-state index in [9.17, 15) is 4.79 Å². The molecule has 0 amide bonds. The summed E-state index contributed by atoms with van der Waals surface area (Å²) < 4.78 is 5.03. The summed E-state index contributed by atoms with van der Waals surface area (Å²) in [5, 5.41) is 8.95. The van der Waals surface area contributed by atoms with E-state index in [1.54, 1.807) is 37.4 Å². The van der Waals surface area contributed by atoms with Gasteiger partial charge in [-0.3, -0.25) is 4.79 Å². The number of H-pyrrole nitrogens is 1. The fraction of sp³-hybridized carbons (Fsp3) is 0.143. The van der Waals surface area contributed by atoms with Crippen molar-refractivity contribution in [3.63, 3.8) is 0 Å². The topological polar surface area (TPSA) is 65.9 Å². The number of aromatic amines is 1. The van der Waals surface area contributed by atoms with Crippen LogP contribution >= 0.6 is 11.6 Å². The first-order valence-corrected chi connectivity index (χ1v) is 5.96. The van der Waals surface area contributed by atoms with Gasteiger partial charge < -0.3 is 9.72 Å². The highest BCUT2D eigenvalue weighted by molar-refractivity contribution is 6.34. The Morgan fingerprint density at radius 1 is 1.42 bits per heavy atom. The molecule has 2 aromatic rings. The van der Waals surface area contributed by atoms with Gasteiger partial charge in [0, 0.05) is 11.3 Å². The Balaban J connectivity index is 2.30. The molecule has 4 nitrogen and oxygen atoms in total. The molecule has 0 aliphatic heterocycles. The maximum absolute atomic E-state index is 12.2. The van der Waals surface area contributed by atoms with Gasteiger partial charge in [0.15, 0.2) is 0 Å². The van der Waals surface area contributed by atoms with E-state index in [4.69, 9.17) is 21.6 Å². The number of nitriles is 1. The first-order chi connectivity index (χ1) is 9.15. The van der Waals surface area contributed by atoms with Gasteiger partial charge >= 0.3 is 0 Å². The average Bonchev–Trinajstić information content (AvgIpc) is 2.79. The second kappa shape index (κ2) is 5.59.